The summed E-state index contributed by atoms with van der Waals surface area (Å²) in [5.41, 5.74) is 1.18. The lowest BCUT2D eigenvalue weighted by atomic mass is 9.95. The van der Waals surface area contributed by atoms with Crippen molar-refractivity contribution >= 4 is 11.6 Å². The summed E-state index contributed by atoms with van der Waals surface area (Å²) in [6.45, 7) is 1.02. The molecule has 0 spiro atoms. The highest BCUT2D eigenvalue weighted by Gasteiger charge is 2.30. The van der Waals surface area contributed by atoms with Crippen LogP contribution >= 0.6 is 0 Å². The molecule has 0 bridgehead atoms. The average Bonchev–Trinajstić information content (AvgIpc) is 2.48. The van der Waals surface area contributed by atoms with Gasteiger partial charge in [-0.15, -0.1) is 0 Å². The van der Waals surface area contributed by atoms with Crippen LogP contribution in [0, 0.1) is 11.6 Å². The van der Waals surface area contributed by atoms with Crippen LogP contribution in [0.3, 0.4) is 0 Å². The van der Waals surface area contributed by atoms with Crippen molar-refractivity contribution in [3.8, 4) is 0 Å². The molecule has 0 aromatic heterocycles. The molecule has 114 valence electrons. The second-order valence-electron chi connectivity index (χ2n) is 5.36. The van der Waals surface area contributed by atoms with Crippen molar-refractivity contribution in [3.63, 3.8) is 0 Å². The van der Waals surface area contributed by atoms with E-state index in [4.69, 9.17) is 0 Å². The molecular weight excluding hydrogens is 286 g/mol. The van der Waals surface area contributed by atoms with E-state index >= 15 is 0 Å². The van der Waals surface area contributed by atoms with Crippen LogP contribution in [-0.4, -0.2) is 23.9 Å². The summed E-state index contributed by atoms with van der Waals surface area (Å²) in [4.78, 5) is 14.1. The first-order valence-electron chi connectivity index (χ1n) is 7.17. The van der Waals surface area contributed by atoms with Gasteiger partial charge in [-0.3, -0.25) is 9.69 Å². The number of hydrogen-bond donors (Lipinski definition) is 1. The van der Waals surface area contributed by atoms with Crippen LogP contribution in [-0.2, 0) is 4.79 Å². The van der Waals surface area contributed by atoms with Crippen LogP contribution in [0.25, 0.3) is 0 Å². The van der Waals surface area contributed by atoms with Crippen molar-refractivity contribution in [1.82, 2.24) is 4.90 Å². The number of hydrogen-bond acceptors (Lipinski definition) is 2. The van der Waals surface area contributed by atoms with Gasteiger partial charge in [0.15, 0.2) is 0 Å². The molecule has 1 heterocycles. The Bertz CT molecular complexity index is 676. The monoisotopic (exact) mass is 302 g/mol. The molecule has 1 atom stereocenters. The van der Waals surface area contributed by atoms with E-state index in [1.807, 2.05) is 35.2 Å². The first-order valence-corrected chi connectivity index (χ1v) is 7.17. The molecule has 1 aliphatic heterocycles. The maximum atomic E-state index is 13.5. The van der Waals surface area contributed by atoms with Gasteiger partial charge in [0.1, 0.15) is 11.6 Å². The molecule has 22 heavy (non-hydrogen) atoms. The van der Waals surface area contributed by atoms with E-state index in [-0.39, 0.29) is 24.2 Å². The normalized spacial score (nSPS) is 17.8. The van der Waals surface area contributed by atoms with E-state index in [1.165, 1.54) is 11.6 Å². The zero-order chi connectivity index (χ0) is 15.5. The zero-order valence-electron chi connectivity index (χ0n) is 11.9. The fourth-order valence-corrected chi connectivity index (χ4v) is 2.65. The fraction of sp³-hybridized carbons (Fsp3) is 0.235. The van der Waals surface area contributed by atoms with Gasteiger partial charge in [-0.25, -0.2) is 8.78 Å². The Hall–Kier alpha value is -2.27. The maximum absolute atomic E-state index is 13.5. The minimum absolute atomic E-state index is 0.00295. The third-order valence-electron chi connectivity index (χ3n) is 3.87. The summed E-state index contributed by atoms with van der Waals surface area (Å²) < 4.78 is 26.4. The first-order chi connectivity index (χ1) is 10.6. The van der Waals surface area contributed by atoms with Gasteiger partial charge in [0, 0.05) is 18.7 Å². The highest BCUT2D eigenvalue weighted by Crippen LogP contribution is 2.32. The molecule has 0 radical (unpaired) electrons. The summed E-state index contributed by atoms with van der Waals surface area (Å²) in [6.07, 6.45) is 1.00. The van der Waals surface area contributed by atoms with Gasteiger partial charge in [-0.1, -0.05) is 30.3 Å². The molecular formula is C17H16F2N2O. The highest BCUT2D eigenvalue weighted by atomic mass is 19.1. The Morgan fingerprint density at radius 1 is 1.18 bits per heavy atom. The van der Waals surface area contributed by atoms with Gasteiger partial charge in [0.25, 0.3) is 0 Å². The molecule has 1 aliphatic rings. The number of nitrogens with one attached hydrogen (secondary N) is 1. The minimum Gasteiger partial charge on any atom is -0.322 e. The van der Waals surface area contributed by atoms with E-state index in [0.29, 0.717) is 0 Å². The number of rotatable bonds is 4. The number of carbonyl (C=O) groups is 1. The van der Waals surface area contributed by atoms with Crippen molar-refractivity contribution in [2.45, 2.75) is 12.5 Å². The van der Waals surface area contributed by atoms with Crippen LogP contribution < -0.4 is 5.32 Å². The SMILES string of the molecule is O=C(CN1CCC1c1ccccc1)Nc1ccc(F)cc1F. The highest BCUT2D eigenvalue weighted by molar-refractivity contribution is 5.92. The van der Waals surface area contributed by atoms with E-state index in [9.17, 15) is 13.6 Å². The quantitative estimate of drug-likeness (QED) is 0.939. The predicted octanol–water partition coefficient (Wildman–Crippen LogP) is 3.35. The zero-order valence-corrected chi connectivity index (χ0v) is 11.9. The predicted molar refractivity (Wildman–Crippen MR) is 80.4 cm³/mol. The third-order valence-corrected chi connectivity index (χ3v) is 3.87. The Morgan fingerprint density at radius 3 is 2.59 bits per heavy atom. The topological polar surface area (TPSA) is 32.3 Å². The van der Waals surface area contributed by atoms with Crippen LogP contribution in [0.4, 0.5) is 14.5 Å². The van der Waals surface area contributed by atoms with Gasteiger partial charge in [0.05, 0.1) is 12.2 Å². The summed E-state index contributed by atoms with van der Waals surface area (Å²) in [6, 6.07) is 13.3. The molecule has 0 saturated carbocycles. The molecule has 5 heteroatoms. The van der Waals surface area contributed by atoms with Crippen LogP contribution in [0.15, 0.2) is 48.5 Å². The second kappa shape index (κ2) is 6.23. The number of anilines is 1. The Labute approximate surface area is 127 Å². The van der Waals surface area contributed by atoms with E-state index in [1.54, 1.807) is 0 Å². The molecule has 1 saturated heterocycles. The molecule has 0 aliphatic carbocycles. The van der Waals surface area contributed by atoms with E-state index < -0.39 is 11.6 Å². The number of likely N-dealkylation sites (tertiary alicyclic amines) is 1. The van der Waals surface area contributed by atoms with Gasteiger partial charge < -0.3 is 5.32 Å². The lowest BCUT2D eigenvalue weighted by molar-refractivity contribution is -0.119. The molecule has 2 aromatic carbocycles. The van der Waals surface area contributed by atoms with Crippen molar-refractivity contribution in [2.75, 3.05) is 18.4 Å². The average molecular weight is 302 g/mol. The summed E-state index contributed by atoms with van der Waals surface area (Å²) in [5.74, 6) is -1.73. The van der Waals surface area contributed by atoms with Crippen LogP contribution in [0.2, 0.25) is 0 Å². The molecule has 3 nitrogen and oxygen atoms in total. The number of nitrogens with zero attached hydrogens (tertiary/aromatic N) is 1. The van der Waals surface area contributed by atoms with Crippen molar-refractivity contribution < 1.29 is 13.6 Å². The smallest absolute Gasteiger partial charge is 0.238 e. The molecule has 3 rings (SSSR count). The first kappa shape index (κ1) is 14.7. The lowest BCUT2D eigenvalue weighted by Gasteiger charge is -2.40. The molecule has 2 aromatic rings. The van der Waals surface area contributed by atoms with Crippen LogP contribution in [0.5, 0.6) is 0 Å². The second-order valence-corrected chi connectivity index (χ2v) is 5.36. The molecule has 1 amide bonds. The van der Waals surface area contributed by atoms with Crippen molar-refractivity contribution in [2.24, 2.45) is 0 Å². The summed E-state index contributed by atoms with van der Waals surface area (Å²) >= 11 is 0. The number of amides is 1. The minimum atomic E-state index is -0.767. The van der Waals surface area contributed by atoms with Gasteiger partial charge >= 0.3 is 0 Å². The maximum Gasteiger partial charge on any atom is 0.238 e. The van der Waals surface area contributed by atoms with Gasteiger partial charge in [-0.05, 0) is 24.1 Å². The lowest BCUT2D eigenvalue weighted by Crippen LogP contribution is -2.45. The van der Waals surface area contributed by atoms with Crippen molar-refractivity contribution in [1.29, 1.82) is 0 Å². The van der Waals surface area contributed by atoms with Crippen LogP contribution in [0.1, 0.15) is 18.0 Å². The molecule has 1 unspecified atom stereocenters. The Kier molecular flexibility index (Phi) is 4.15. The standard InChI is InChI=1S/C17H16F2N2O/c18-13-6-7-15(14(19)10-13)20-17(22)11-21-9-8-16(21)12-4-2-1-3-5-12/h1-7,10,16H,8-9,11H2,(H,20,22). The van der Waals surface area contributed by atoms with Gasteiger partial charge in [-0.2, -0.15) is 0 Å². The van der Waals surface area contributed by atoms with E-state index in [0.717, 1.165) is 25.1 Å². The Morgan fingerprint density at radius 2 is 1.95 bits per heavy atom. The number of carbonyl (C=O) groups excluding carboxylic acids is 1. The van der Waals surface area contributed by atoms with E-state index in [2.05, 4.69) is 5.32 Å². The fourth-order valence-electron chi connectivity index (χ4n) is 2.65. The summed E-state index contributed by atoms with van der Waals surface area (Å²) in [5, 5.41) is 2.49. The molecule has 1 fully saturated rings. The summed E-state index contributed by atoms with van der Waals surface area (Å²) in [7, 11) is 0. The number of benzene rings is 2. The third kappa shape index (κ3) is 3.14. The molecule has 1 N–H and O–H groups in total. The van der Waals surface area contributed by atoms with Gasteiger partial charge in [0.2, 0.25) is 5.91 Å². The largest absolute Gasteiger partial charge is 0.322 e. The number of halogens is 2. The Balaban J connectivity index is 1.60. The van der Waals surface area contributed by atoms with Crippen molar-refractivity contribution in [3.05, 3.63) is 65.7 Å².